The Balaban J connectivity index is 1.48. The van der Waals surface area contributed by atoms with E-state index in [1.807, 2.05) is 24.3 Å². The number of carbonyl (C=O) groups is 2. The highest BCUT2D eigenvalue weighted by molar-refractivity contribution is 5.96. The van der Waals surface area contributed by atoms with E-state index in [1.54, 1.807) is 30.6 Å². The zero-order chi connectivity index (χ0) is 16.1. The summed E-state index contributed by atoms with van der Waals surface area (Å²) in [5, 5.41) is 5.37. The second kappa shape index (κ2) is 6.74. The third kappa shape index (κ3) is 3.74. The number of fused-ring (bicyclic) bond motifs is 1. The van der Waals surface area contributed by atoms with E-state index in [2.05, 4.69) is 20.6 Å². The molecule has 0 aliphatic rings. The molecule has 3 rings (SSSR count). The molecule has 0 fully saturated rings. The molecular weight excluding hydrogens is 292 g/mol. The molecule has 0 saturated carbocycles. The molecule has 3 aromatic rings. The molecule has 0 spiro atoms. The molecule has 116 valence electrons. The molecular formula is C17H16N4O2. The summed E-state index contributed by atoms with van der Waals surface area (Å²) in [6.07, 6.45) is 1.63. The van der Waals surface area contributed by atoms with Gasteiger partial charge in [0.05, 0.1) is 23.9 Å². The summed E-state index contributed by atoms with van der Waals surface area (Å²) < 4.78 is 0. The average molecular weight is 308 g/mol. The summed E-state index contributed by atoms with van der Waals surface area (Å²) in [5.41, 5.74) is 3.30. The molecule has 2 aromatic carbocycles. The topological polar surface area (TPSA) is 86.9 Å². The van der Waals surface area contributed by atoms with Gasteiger partial charge in [-0.15, -0.1) is 0 Å². The van der Waals surface area contributed by atoms with Crippen molar-refractivity contribution in [2.24, 2.45) is 0 Å². The highest BCUT2D eigenvalue weighted by Gasteiger charge is 2.07. The Morgan fingerprint density at radius 3 is 2.70 bits per heavy atom. The molecule has 0 bridgehead atoms. The summed E-state index contributed by atoms with van der Waals surface area (Å²) in [4.78, 5) is 30.8. The van der Waals surface area contributed by atoms with Crippen LogP contribution in [0.5, 0.6) is 0 Å². The van der Waals surface area contributed by atoms with Crippen LogP contribution in [-0.4, -0.2) is 28.3 Å². The average Bonchev–Trinajstić information content (AvgIpc) is 3.06. The number of nitrogens with zero attached hydrogens (tertiary/aromatic N) is 1. The minimum atomic E-state index is -0.264. The van der Waals surface area contributed by atoms with Crippen molar-refractivity contribution in [3.05, 3.63) is 66.0 Å². The Hall–Kier alpha value is -3.15. The van der Waals surface area contributed by atoms with E-state index in [0.29, 0.717) is 12.1 Å². The minimum Gasteiger partial charge on any atom is -0.350 e. The van der Waals surface area contributed by atoms with Crippen LogP contribution < -0.4 is 10.6 Å². The number of rotatable bonds is 5. The van der Waals surface area contributed by atoms with Gasteiger partial charge in [-0.2, -0.15) is 0 Å². The van der Waals surface area contributed by atoms with E-state index in [4.69, 9.17) is 0 Å². The smallest absolute Gasteiger partial charge is 0.251 e. The first-order chi connectivity index (χ1) is 11.2. The van der Waals surface area contributed by atoms with Crippen molar-refractivity contribution in [1.29, 1.82) is 0 Å². The lowest BCUT2D eigenvalue weighted by Gasteiger charge is -2.07. The number of aromatic nitrogens is 2. The Kier molecular flexibility index (Phi) is 4.33. The predicted molar refractivity (Wildman–Crippen MR) is 86.7 cm³/mol. The third-order valence-corrected chi connectivity index (χ3v) is 3.42. The number of imidazole rings is 1. The highest BCUT2D eigenvalue weighted by Crippen LogP contribution is 2.11. The molecule has 3 N–H and O–H groups in total. The maximum Gasteiger partial charge on any atom is 0.251 e. The fraction of sp³-hybridized carbons (Fsp3) is 0.118. The van der Waals surface area contributed by atoms with Crippen LogP contribution >= 0.6 is 0 Å². The molecule has 0 aliphatic carbocycles. The van der Waals surface area contributed by atoms with Crippen molar-refractivity contribution in [3.63, 3.8) is 0 Å². The van der Waals surface area contributed by atoms with E-state index < -0.39 is 0 Å². The van der Waals surface area contributed by atoms with Crippen LogP contribution in [0.25, 0.3) is 11.0 Å². The van der Waals surface area contributed by atoms with Crippen LogP contribution in [0.1, 0.15) is 15.9 Å². The first-order valence-corrected chi connectivity index (χ1v) is 7.24. The van der Waals surface area contributed by atoms with E-state index in [9.17, 15) is 9.59 Å². The van der Waals surface area contributed by atoms with Crippen molar-refractivity contribution in [2.45, 2.75) is 6.54 Å². The van der Waals surface area contributed by atoms with Crippen molar-refractivity contribution in [3.8, 4) is 0 Å². The van der Waals surface area contributed by atoms with E-state index in [0.717, 1.165) is 16.6 Å². The molecule has 0 radical (unpaired) electrons. The van der Waals surface area contributed by atoms with Crippen molar-refractivity contribution in [2.75, 3.05) is 6.54 Å². The van der Waals surface area contributed by atoms with Gasteiger partial charge in [-0.05, 0) is 29.8 Å². The van der Waals surface area contributed by atoms with Gasteiger partial charge >= 0.3 is 0 Å². The van der Waals surface area contributed by atoms with Gasteiger partial charge in [0, 0.05) is 12.1 Å². The first kappa shape index (κ1) is 14.8. The normalized spacial score (nSPS) is 10.4. The molecule has 0 saturated heterocycles. The third-order valence-electron chi connectivity index (χ3n) is 3.42. The standard InChI is InChI=1S/C17H16N4O2/c22-16(10-19-17(23)13-4-2-1-3-5-13)18-9-12-6-7-14-15(8-12)21-11-20-14/h1-8,11H,9-10H2,(H,18,22)(H,19,23)(H,20,21). The molecule has 1 aromatic heterocycles. The molecule has 0 aliphatic heterocycles. The minimum absolute atomic E-state index is 0.0555. The van der Waals surface area contributed by atoms with Crippen LogP contribution in [0.4, 0.5) is 0 Å². The van der Waals surface area contributed by atoms with Crippen LogP contribution in [0.3, 0.4) is 0 Å². The molecule has 2 amide bonds. The largest absolute Gasteiger partial charge is 0.350 e. The van der Waals surface area contributed by atoms with Gasteiger partial charge in [-0.25, -0.2) is 4.98 Å². The lowest BCUT2D eigenvalue weighted by molar-refractivity contribution is -0.120. The van der Waals surface area contributed by atoms with E-state index in [-0.39, 0.29) is 18.4 Å². The number of nitrogens with one attached hydrogen (secondary N) is 3. The molecule has 0 atom stereocenters. The second-order valence-corrected chi connectivity index (χ2v) is 5.08. The predicted octanol–water partition coefficient (Wildman–Crippen LogP) is 1.61. The maximum atomic E-state index is 11.8. The summed E-state index contributed by atoms with van der Waals surface area (Å²) >= 11 is 0. The highest BCUT2D eigenvalue weighted by atomic mass is 16.2. The number of H-pyrrole nitrogens is 1. The van der Waals surface area contributed by atoms with Gasteiger partial charge in [0.2, 0.25) is 5.91 Å². The van der Waals surface area contributed by atoms with E-state index in [1.165, 1.54) is 0 Å². The number of hydrogen-bond donors (Lipinski definition) is 3. The monoisotopic (exact) mass is 308 g/mol. The Labute approximate surface area is 132 Å². The van der Waals surface area contributed by atoms with Crippen molar-refractivity contribution < 1.29 is 9.59 Å². The first-order valence-electron chi connectivity index (χ1n) is 7.24. The Bertz CT molecular complexity index is 827. The van der Waals surface area contributed by atoms with Gasteiger partial charge in [-0.1, -0.05) is 24.3 Å². The van der Waals surface area contributed by atoms with Gasteiger partial charge in [0.15, 0.2) is 0 Å². The SMILES string of the molecule is O=C(CNC(=O)c1ccccc1)NCc1ccc2nc[nH]c2c1. The summed E-state index contributed by atoms with van der Waals surface area (Å²) in [6, 6.07) is 14.5. The maximum absolute atomic E-state index is 11.8. The lowest BCUT2D eigenvalue weighted by Crippen LogP contribution is -2.36. The van der Waals surface area contributed by atoms with Gasteiger partial charge < -0.3 is 15.6 Å². The van der Waals surface area contributed by atoms with Crippen LogP contribution in [-0.2, 0) is 11.3 Å². The van der Waals surface area contributed by atoms with Crippen molar-refractivity contribution >= 4 is 22.8 Å². The summed E-state index contributed by atoms with van der Waals surface area (Å²) in [7, 11) is 0. The zero-order valence-electron chi connectivity index (χ0n) is 12.4. The summed E-state index contributed by atoms with van der Waals surface area (Å²) in [5.74, 6) is -0.501. The van der Waals surface area contributed by atoms with Gasteiger partial charge in [-0.3, -0.25) is 9.59 Å². The molecule has 0 unspecified atom stereocenters. The van der Waals surface area contributed by atoms with E-state index >= 15 is 0 Å². The van der Waals surface area contributed by atoms with Crippen molar-refractivity contribution in [1.82, 2.24) is 20.6 Å². The zero-order valence-corrected chi connectivity index (χ0v) is 12.4. The summed E-state index contributed by atoms with van der Waals surface area (Å²) in [6.45, 7) is 0.342. The Morgan fingerprint density at radius 2 is 1.87 bits per heavy atom. The van der Waals surface area contributed by atoms with Crippen LogP contribution in [0, 0.1) is 0 Å². The Morgan fingerprint density at radius 1 is 1.04 bits per heavy atom. The fourth-order valence-electron chi connectivity index (χ4n) is 2.21. The number of amides is 2. The second-order valence-electron chi connectivity index (χ2n) is 5.08. The van der Waals surface area contributed by atoms with Crippen LogP contribution in [0.15, 0.2) is 54.9 Å². The molecule has 6 heteroatoms. The fourth-order valence-corrected chi connectivity index (χ4v) is 2.21. The lowest BCUT2D eigenvalue weighted by atomic mass is 10.2. The molecule has 1 heterocycles. The molecule has 6 nitrogen and oxygen atoms in total. The number of carbonyl (C=O) groups excluding carboxylic acids is 2. The number of hydrogen-bond acceptors (Lipinski definition) is 3. The van der Waals surface area contributed by atoms with Crippen LogP contribution in [0.2, 0.25) is 0 Å². The molecule has 23 heavy (non-hydrogen) atoms. The number of aromatic amines is 1. The quantitative estimate of drug-likeness (QED) is 0.669. The number of benzene rings is 2. The van der Waals surface area contributed by atoms with Gasteiger partial charge in [0.25, 0.3) is 5.91 Å². The van der Waals surface area contributed by atoms with Gasteiger partial charge in [0.1, 0.15) is 0 Å².